The molecule has 0 aliphatic carbocycles. The van der Waals surface area contributed by atoms with E-state index in [-0.39, 0.29) is 24.0 Å². The first-order valence-electron chi connectivity index (χ1n) is 8.69. The molecule has 0 saturated carbocycles. The van der Waals surface area contributed by atoms with E-state index in [0.29, 0.717) is 11.3 Å². The molecular formula is C20H17F2N3O3. The van der Waals surface area contributed by atoms with Gasteiger partial charge in [0.05, 0.1) is 18.3 Å². The van der Waals surface area contributed by atoms with E-state index in [4.69, 9.17) is 5.26 Å². The Balaban J connectivity index is 1.75. The highest BCUT2D eigenvalue weighted by Crippen LogP contribution is 2.32. The van der Waals surface area contributed by atoms with Crippen molar-refractivity contribution in [2.24, 2.45) is 0 Å². The molecule has 1 atom stereocenters. The fourth-order valence-electron chi connectivity index (χ4n) is 3.23. The second-order valence-electron chi connectivity index (χ2n) is 6.63. The number of hydrogen-bond acceptors (Lipinski definition) is 4. The molecule has 8 heteroatoms. The largest absolute Gasteiger partial charge is 0.321 e. The van der Waals surface area contributed by atoms with Crippen LogP contribution >= 0.6 is 0 Å². The number of nitrogens with zero attached hydrogens (tertiary/aromatic N) is 2. The number of Topliss-reactive ketones (excluding diaryl/α,β-unsaturated/α-hetero) is 1. The Labute approximate surface area is 159 Å². The summed E-state index contributed by atoms with van der Waals surface area (Å²) >= 11 is 0. The van der Waals surface area contributed by atoms with Gasteiger partial charge in [-0.25, -0.2) is 8.78 Å². The van der Waals surface area contributed by atoms with Crippen molar-refractivity contribution in [1.29, 1.82) is 5.26 Å². The third-order valence-electron chi connectivity index (χ3n) is 4.59. The monoisotopic (exact) mass is 385 g/mol. The first-order chi connectivity index (χ1) is 13.3. The van der Waals surface area contributed by atoms with Crippen molar-refractivity contribution in [3.8, 4) is 17.3 Å². The number of rotatable bonds is 5. The van der Waals surface area contributed by atoms with Gasteiger partial charge < -0.3 is 9.88 Å². The van der Waals surface area contributed by atoms with Crippen LogP contribution in [0.15, 0.2) is 47.3 Å². The average molecular weight is 385 g/mol. The van der Waals surface area contributed by atoms with Gasteiger partial charge in [0, 0.05) is 30.9 Å². The molecule has 1 N–H and O–H groups in total. The molecule has 1 amide bonds. The number of carbonyl (C=O) groups excluding carboxylic acids is 2. The summed E-state index contributed by atoms with van der Waals surface area (Å²) in [4.78, 5) is 40.1. The molecule has 28 heavy (non-hydrogen) atoms. The predicted octanol–water partition coefficient (Wildman–Crippen LogP) is 2.76. The number of carbonyl (C=O) groups is 2. The summed E-state index contributed by atoms with van der Waals surface area (Å²) in [5, 5.41) is 8.98. The number of likely N-dealkylation sites (tertiary alicyclic amines) is 1. The molecule has 2 heterocycles. The van der Waals surface area contributed by atoms with E-state index < -0.39 is 36.6 Å². The average Bonchev–Trinajstić information content (AvgIpc) is 3.01. The van der Waals surface area contributed by atoms with Crippen LogP contribution in [0.2, 0.25) is 0 Å². The molecule has 6 nitrogen and oxygen atoms in total. The summed E-state index contributed by atoms with van der Waals surface area (Å²) in [6, 6.07) is 11.9. The van der Waals surface area contributed by atoms with Crippen molar-refractivity contribution in [1.82, 2.24) is 9.88 Å². The normalized spacial score (nSPS) is 17.9. The fourth-order valence-corrected chi connectivity index (χ4v) is 3.23. The highest BCUT2D eigenvalue weighted by molar-refractivity contribution is 6.02. The Bertz CT molecular complexity index is 996. The fraction of sp³-hybridized carbons (Fsp3) is 0.300. The Morgan fingerprint density at radius 1 is 1.18 bits per heavy atom. The number of pyridine rings is 1. The predicted molar refractivity (Wildman–Crippen MR) is 96.7 cm³/mol. The summed E-state index contributed by atoms with van der Waals surface area (Å²) in [5.74, 6) is -4.16. The topological polar surface area (TPSA) is 94.0 Å². The second-order valence-corrected chi connectivity index (χ2v) is 6.63. The summed E-state index contributed by atoms with van der Waals surface area (Å²) in [6.07, 6.45) is -1.20. The summed E-state index contributed by atoms with van der Waals surface area (Å²) in [6.45, 7) is -0.813. The van der Waals surface area contributed by atoms with Gasteiger partial charge in [-0.2, -0.15) is 5.26 Å². The lowest BCUT2D eigenvalue weighted by Crippen LogP contribution is -2.36. The van der Waals surface area contributed by atoms with E-state index in [2.05, 4.69) is 4.98 Å². The Morgan fingerprint density at radius 3 is 2.57 bits per heavy atom. The molecule has 0 unspecified atom stereocenters. The van der Waals surface area contributed by atoms with Crippen molar-refractivity contribution < 1.29 is 18.4 Å². The Hall–Kier alpha value is -3.34. The first-order valence-corrected chi connectivity index (χ1v) is 8.69. The van der Waals surface area contributed by atoms with Crippen molar-refractivity contribution in [3.63, 3.8) is 0 Å². The number of nitrogens with one attached hydrogen (secondary N) is 1. The van der Waals surface area contributed by atoms with Crippen LogP contribution in [-0.2, 0) is 4.79 Å². The van der Waals surface area contributed by atoms with E-state index in [1.807, 2.05) is 0 Å². The molecule has 3 rings (SSSR count). The van der Waals surface area contributed by atoms with Gasteiger partial charge in [0.1, 0.15) is 6.04 Å². The molecule has 144 valence electrons. The second kappa shape index (κ2) is 7.72. The quantitative estimate of drug-likeness (QED) is 0.801. The van der Waals surface area contributed by atoms with Crippen LogP contribution in [0, 0.1) is 11.3 Å². The molecule has 1 aliphatic heterocycles. The number of benzene rings is 1. The van der Waals surface area contributed by atoms with Gasteiger partial charge in [-0.3, -0.25) is 14.4 Å². The van der Waals surface area contributed by atoms with Gasteiger partial charge in [-0.1, -0.05) is 30.3 Å². The summed E-state index contributed by atoms with van der Waals surface area (Å²) < 4.78 is 27.0. The van der Waals surface area contributed by atoms with E-state index in [1.165, 1.54) is 12.1 Å². The molecule has 0 bridgehead atoms. The van der Waals surface area contributed by atoms with Crippen molar-refractivity contribution in [2.75, 3.05) is 6.54 Å². The van der Waals surface area contributed by atoms with Crippen LogP contribution in [0.5, 0.6) is 0 Å². The minimum Gasteiger partial charge on any atom is -0.321 e. The maximum atomic E-state index is 13.5. The first kappa shape index (κ1) is 19.4. The van der Waals surface area contributed by atoms with E-state index in [1.54, 1.807) is 36.4 Å². The minimum atomic E-state index is -3.10. The van der Waals surface area contributed by atoms with Crippen LogP contribution in [0.3, 0.4) is 0 Å². The lowest BCUT2D eigenvalue weighted by atomic mass is 10.00. The highest BCUT2D eigenvalue weighted by Gasteiger charge is 2.47. The summed E-state index contributed by atoms with van der Waals surface area (Å²) in [7, 11) is 0. The van der Waals surface area contributed by atoms with Crippen LogP contribution in [-0.4, -0.2) is 40.1 Å². The molecule has 1 saturated heterocycles. The molecular weight excluding hydrogens is 368 g/mol. The van der Waals surface area contributed by atoms with Gasteiger partial charge in [0.2, 0.25) is 11.5 Å². The lowest BCUT2D eigenvalue weighted by molar-refractivity contribution is -0.132. The zero-order valence-corrected chi connectivity index (χ0v) is 14.8. The number of alkyl halides is 2. The number of hydrogen-bond donors (Lipinski definition) is 1. The Morgan fingerprint density at radius 2 is 1.89 bits per heavy atom. The highest BCUT2D eigenvalue weighted by atomic mass is 19.3. The zero-order chi connectivity index (χ0) is 20.3. The summed E-state index contributed by atoms with van der Waals surface area (Å²) in [5.41, 5.74) is 0.844. The smallest absolute Gasteiger partial charge is 0.268 e. The molecule has 1 aliphatic rings. The minimum absolute atomic E-state index is 0.217. The standard InChI is InChI=1S/C20H17F2N3O3/c21-20(22)10-14(11-23)25(12-20)18(28)9-7-16(26)15-6-8-17(27)24-19(15)13-4-2-1-3-5-13/h1-6,8,14H,7,9-10,12H2,(H,24,27)/t14-/m0/s1. The molecule has 1 aromatic heterocycles. The molecule has 1 aromatic carbocycles. The van der Waals surface area contributed by atoms with Crippen LogP contribution in [0.4, 0.5) is 8.78 Å². The third kappa shape index (κ3) is 4.14. The lowest BCUT2D eigenvalue weighted by Gasteiger charge is -2.19. The maximum Gasteiger partial charge on any atom is 0.268 e. The molecule has 1 fully saturated rings. The van der Waals surface area contributed by atoms with Gasteiger partial charge in [-0.05, 0) is 11.6 Å². The number of aromatic amines is 1. The molecule has 2 aromatic rings. The van der Waals surface area contributed by atoms with E-state index >= 15 is 0 Å². The van der Waals surface area contributed by atoms with Crippen molar-refractivity contribution >= 4 is 11.7 Å². The SMILES string of the molecule is N#C[C@@H]1CC(F)(F)CN1C(=O)CCC(=O)c1ccc(=O)[nH]c1-c1ccccc1. The Kier molecular flexibility index (Phi) is 5.36. The van der Waals surface area contributed by atoms with E-state index in [0.717, 1.165) is 4.90 Å². The number of H-pyrrole nitrogens is 1. The van der Waals surface area contributed by atoms with Gasteiger partial charge >= 0.3 is 0 Å². The molecule has 0 radical (unpaired) electrons. The van der Waals surface area contributed by atoms with Gasteiger partial charge in [-0.15, -0.1) is 0 Å². The van der Waals surface area contributed by atoms with Gasteiger partial charge in [0.25, 0.3) is 5.92 Å². The van der Waals surface area contributed by atoms with Crippen molar-refractivity contribution in [2.45, 2.75) is 31.2 Å². The third-order valence-corrected chi connectivity index (χ3v) is 4.59. The zero-order valence-electron chi connectivity index (χ0n) is 14.8. The van der Waals surface area contributed by atoms with E-state index in [9.17, 15) is 23.2 Å². The number of nitriles is 1. The van der Waals surface area contributed by atoms with Crippen LogP contribution < -0.4 is 5.56 Å². The van der Waals surface area contributed by atoms with Crippen molar-refractivity contribution in [3.05, 3.63) is 58.4 Å². The number of aromatic nitrogens is 1. The maximum absolute atomic E-state index is 13.5. The molecule has 0 spiro atoms. The van der Waals surface area contributed by atoms with Crippen LogP contribution in [0.25, 0.3) is 11.3 Å². The number of halogens is 2. The number of ketones is 1. The number of amides is 1. The van der Waals surface area contributed by atoms with Gasteiger partial charge in [0.15, 0.2) is 5.78 Å². The van der Waals surface area contributed by atoms with Crippen LogP contribution in [0.1, 0.15) is 29.6 Å².